The standard InChI is InChI=1S/C14H15N3O3/c15-6-7-20-12-3-1-2-11(8-12)17-14(19)10-4-5-13(18)16-9-10/h1-3,8,10H,4-5,7,9H2,(H,16,18)(H,17,19). The third kappa shape index (κ3) is 3.72. The zero-order valence-electron chi connectivity index (χ0n) is 10.9. The Morgan fingerprint density at radius 3 is 3.10 bits per heavy atom. The molecule has 0 saturated carbocycles. The van der Waals surface area contributed by atoms with Gasteiger partial charge < -0.3 is 15.4 Å². The number of amides is 2. The van der Waals surface area contributed by atoms with Gasteiger partial charge in [-0.25, -0.2) is 0 Å². The maximum Gasteiger partial charge on any atom is 0.229 e. The first-order chi connectivity index (χ1) is 9.69. The molecule has 2 N–H and O–H groups in total. The van der Waals surface area contributed by atoms with Gasteiger partial charge >= 0.3 is 0 Å². The zero-order chi connectivity index (χ0) is 14.4. The quantitative estimate of drug-likeness (QED) is 0.858. The maximum atomic E-state index is 12.0. The fourth-order valence-electron chi connectivity index (χ4n) is 1.98. The molecule has 1 unspecified atom stereocenters. The molecule has 1 saturated heterocycles. The monoisotopic (exact) mass is 273 g/mol. The highest BCUT2D eigenvalue weighted by molar-refractivity contribution is 5.94. The minimum Gasteiger partial charge on any atom is -0.479 e. The number of piperidine rings is 1. The van der Waals surface area contributed by atoms with Crippen LogP contribution in [-0.2, 0) is 9.59 Å². The molecular formula is C14H15N3O3. The topological polar surface area (TPSA) is 91.2 Å². The average Bonchev–Trinajstić information content (AvgIpc) is 2.46. The van der Waals surface area contributed by atoms with E-state index in [1.807, 2.05) is 6.07 Å². The highest BCUT2D eigenvalue weighted by Crippen LogP contribution is 2.19. The van der Waals surface area contributed by atoms with Crippen molar-refractivity contribution < 1.29 is 14.3 Å². The van der Waals surface area contributed by atoms with Gasteiger partial charge in [0.25, 0.3) is 0 Å². The number of hydrogen-bond acceptors (Lipinski definition) is 4. The van der Waals surface area contributed by atoms with Crippen LogP contribution in [-0.4, -0.2) is 25.0 Å². The molecule has 1 aliphatic heterocycles. The van der Waals surface area contributed by atoms with Crippen LogP contribution in [0, 0.1) is 17.2 Å². The molecular weight excluding hydrogens is 258 g/mol. The Labute approximate surface area is 116 Å². The summed E-state index contributed by atoms with van der Waals surface area (Å²) in [6, 6.07) is 8.75. The molecule has 104 valence electrons. The molecule has 1 aromatic rings. The van der Waals surface area contributed by atoms with Crippen molar-refractivity contribution in [3.8, 4) is 11.8 Å². The van der Waals surface area contributed by atoms with E-state index in [0.717, 1.165) is 0 Å². The smallest absolute Gasteiger partial charge is 0.229 e. The van der Waals surface area contributed by atoms with Crippen molar-refractivity contribution >= 4 is 17.5 Å². The number of benzene rings is 1. The highest BCUT2D eigenvalue weighted by Gasteiger charge is 2.24. The van der Waals surface area contributed by atoms with Crippen molar-refractivity contribution in [3.63, 3.8) is 0 Å². The highest BCUT2D eigenvalue weighted by atomic mass is 16.5. The minimum atomic E-state index is -0.212. The second-order valence-electron chi connectivity index (χ2n) is 4.50. The van der Waals surface area contributed by atoms with Crippen molar-refractivity contribution in [1.29, 1.82) is 5.26 Å². The number of hydrogen-bond donors (Lipinski definition) is 2. The summed E-state index contributed by atoms with van der Waals surface area (Å²) < 4.78 is 5.17. The normalized spacial score (nSPS) is 17.8. The fraction of sp³-hybridized carbons (Fsp3) is 0.357. The van der Waals surface area contributed by atoms with Gasteiger partial charge in [0.15, 0.2) is 6.61 Å². The number of anilines is 1. The van der Waals surface area contributed by atoms with Gasteiger partial charge in [0.05, 0.1) is 5.92 Å². The third-order valence-corrected chi connectivity index (χ3v) is 3.04. The number of ether oxygens (including phenoxy) is 1. The molecule has 1 aromatic carbocycles. The Hall–Kier alpha value is -2.55. The SMILES string of the molecule is N#CCOc1cccc(NC(=O)C2CCC(=O)NC2)c1. The molecule has 1 fully saturated rings. The molecule has 0 bridgehead atoms. The van der Waals surface area contributed by atoms with E-state index in [-0.39, 0.29) is 24.3 Å². The molecule has 0 radical (unpaired) electrons. The Morgan fingerprint density at radius 2 is 2.40 bits per heavy atom. The Kier molecular flexibility index (Phi) is 4.56. The molecule has 6 heteroatoms. The van der Waals surface area contributed by atoms with Gasteiger partial charge in [-0.05, 0) is 18.6 Å². The van der Waals surface area contributed by atoms with Gasteiger partial charge in [-0.3, -0.25) is 9.59 Å². The van der Waals surface area contributed by atoms with E-state index in [1.54, 1.807) is 24.3 Å². The minimum absolute atomic E-state index is 0.0130. The lowest BCUT2D eigenvalue weighted by molar-refractivity contribution is -0.126. The summed E-state index contributed by atoms with van der Waals surface area (Å²) in [4.78, 5) is 23.1. The Morgan fingerprint density at radius 1 is 1.55 bits per heavy atom. The number of carbonyl (C=O) groups excluding carboxylic acids is 2. The second kappa shape index (κ2) is 6.57. The van der Waals surface area contributed by atoms with Crippen LogP contribution >= 0.6 is 0 Å². The fourth-order valence-corrected chi connectivity index (χ4v) is 1.98. The predicted octanol–water partition coefficient (Wildman–Crippen LogP) is 1.05. The van der Waals surface area contributed by atoms with Gasteiger partial charge in [-0.15, -0.1) is 0 Å². The van der Waals surface area contributed by atoms with Crippen molar-refractivity contribution in [3.05, 3.63) is 24.3 Å². The summed E-state index contributed by atoms with van der Waals surface area (Å²) in [6.45, 7) is 0.335. The van der Waals surface area contributed by atoms with E-state index in [4.69, 9.17) is 10.00 Å². The first-order valence-corrected chi connectivity index (χ1v) is 6.36. The first-order valence-electron chi connectivity index (χ1n) is 6.36. The van der Waals surface area contributed by atoms with Crippen molar-refractivity contribution in [2.24, 2.45) is 5.92 Å². The van der Waals surface area contributed by atoms with E-state index in [2.05, 4.69) is 10.6 Å². The van der Waals surface area contributed by atoms with Crippen molar-refractivity contribution in [2.75, 3.05) is 18.5 Å². The third-order valence-electron chi connectivity index (χ3n) is 3.04. The van der Waals surface area contributed by atoms with Gasteiger partial charge in [0, 0.05) is 24.7 Å². The van der Waals surface area contributed by atoms with E-state index < -0.39 is 0 Å². The molecule has 0 spiro atoms. The average molecular weight is 273 g/mol. The zero-order valence-corrected chi connectivity index (χ0v) is 10.9. The summed E-state index contributed by atoms with van der Waals surface area (Å²) in [7, 11) is 0. The number of nitrogens with zero attached hydrogens (tertiary/aromatic N) is 1. The van der Waals surface area contributed by atoms with Gasteiger partial charge in [0.1, 0.15) is 11.8 Å². The van der Waals surface area contributed by atoms with Crippen LogP contribution in [0.3, 0.4) is 0 Å². The molecule has 0 aliphatic carbocycles. The molecule has 0 aromatic heterocycles. The van der Waals surface area contributed by atoms with E-state index in [0.29, 0.717) is 30.8 Å². The van der Waals surface area contributed by atoms with Crippen LogP contribution < -0.4 is 15.4 Å². The van der Waals surface area contributed by atoms with Crippen LogP contribution in [0.5, 0.6) is 5.75 Å². The maximum absolute atomic E-state index is 12.0. The summed E-state index contributed by atoms with van der Waals surface area (Å²) in [5.41, 5.74) is 0.613. The first kappa shape index (κ1) is 13.9. The summed E-state index contributed by atoms with van der Waals surface area (Å²) in [5, 5.41) is 13.9. The predicted molar refractivity (Wildman–Crippen MR) is 71.9 cm³/mol. The molecule has 1 atom stereocenters. The van der Waals surface area contributed by atoms with Crippen LogP contribution in [0.15, 0.2) is 24.3 Å². The largest absolute Gasteiger partial charge is 0.479 e. The van der Waals surface area contributed by atoms with Gasteiger partial charge in [0.2, 0.25) is 11.8 Å². The molecule has 1 aliphatic rings. The number of rotatable bonds is 4. The van der Waals surface area contributed by atoms with Crippen molar-refractivity contribution in [2.45, 2.75) is 12.8 Å². The molecule has 1 heterocycles. The summed E-state index contributed by atoms with van der Waals surface area (Å²) in [6.07, 6.45) is 0.936. The lowest BCUT2D eigenvalue weighted by Gasteiger charge is -2.21. The van der Waals surface area contributed by atoms with Crippen LogP contribution in [0.2, 0.25) is 0 Å². The molecule has 20 heavy (non-hydrogen) atoms. The number of nitrogens with one attached hydrogen (secondary N) is 2. The number of nitriles is 1. The van der Waals surface area contributed by atoms with Crippen LogP contribution in [0.25, 0.3) is 0 Å². The molecule has 6 nitrogen and oxygen atoms in total. The molecule has 2 amide bonds. The lowest BCUT2D eigenvalue weighted by atomic mass is 9.98. The summed E-state index contributed by atoms with van der Waals surface area (Å²) in [5.74, 6) is 0.182. The second-order valence-corrected chi connectivity index (χ2v) is 4.50. The van der Waals surface area contributed by atoms with Crippen LogP contribution in [0.1, 0.15) is 12.8 Å². The van der Waals surface area contributed by atoms with Gasteiger partial charge in [-0.2, -0.15) is 5.26 Å². The van der Waals surface area contributed by atoms with Crippen LogP contribution in [0.4, 0.5) is 5.69 Å². The lowest BCUT2D eigenvalue weighted by Crippen LogP contribution is -2.40. The van der Waals surface area contributed by atoms with E-state index >= 15 is 0 Å². The van der Waals surface area contributed by atoms with E-state index in [9.17, 15) is 9.59 Å². The Balaban J connectivity index is 1.94. The summed E-state index contributed by atoms with van der Waals surface area (Å²) >= 11 is 0. The van der Waals surface area contributed by atoms with Crippen molar-refractivity contribution in [1.82, 2.24) is 5.32 Å². The van der Waals surface area contributed by atoms with Gasteiger partial charge in [-0.1, -0.05) is 6.07 Å². The molecule has 2 rings (SSSR count). The van der Waals surface area contributed by atoms with E-state index in [1.165, 1.54) is 0 Å². The Bertz CT molecular complexity index is 541. The number of carbonyl (C=O) groups is 2.